The molecule has 3 aromatic carbocycles. The first-order valence-electron chi connectivity index (χ1n) is 27.2. The third-order valence-electron chi connectivity index (χ3n) is 13.1. The van der Waals surface area contributed by atoms with Crippen LogP contribution in [0.1, 0.15) is 132 Å². The number of amides is 6. The molecule has 0 radical (unpaired) electrons. The molecule has 0 atom stereocenters. The number of hydrogen-bond donors (Lipinski definition) is 10. The molecule has 12 N–H and O–H groups in total. The number of anilines is 8. The van der Waals surface area contributed by atoms with E-state index < -0.39 is 35.6 Å². The summed E-state index contributed by atoms with van der Waals surface area (Å²) in [6, 6.07) is 19.7. The standard InChI is InChI=1S/C20H23N5O4.C18H19N5O4.C16H17ClN4O3.C4H7NO.Na.H2O/c1-4-29-20(28)13-6-5-7-14(11(13)2)22-15-10-16(23-18(26)12-8-9-12)24-25-17(15)19(27)21-3;1-9-11(18(26)27)4-3-5-12(9)20-13-8-14(21-16(24)10-6-7-10)22-23-15(13)17(25)19-2;1-4-24-16(23)10-6-5-7-11(9(10)2)19-12-8-13(17)20-21-14(12)15(22)18-3;5-4(6)3-1-2-3;;/h5-7,10,12H,4,8-9H2,1-3H3,(H,21,27)(H2,22,23,24,26);3-5,8,10H,6-7H2,1-2H3,(H,19,25)(H,26,27)(H2,20,21,22,24);5-8H,4H2,1-3H3,(H,18,22)(H,19,20);3H,1-2H2,(H2,5,6);;1H2/q;;;;+1;/p-1. The van der Waals surface area contributed by atoms with Gasteiger partial charge >= 0.3 is 47.5 Å². The van der Waals surface area contributed by atoms with Crippen LogP contribution in [0.3, 0.4) is 0 Å². The first-order chi connectivity index (χ1) is 41.1. The largest absolute Gasteiger partial charge is 1.00 e. The molecule has 0 spiro atoms. The fraction of sp³-hybridized carbons (Fsp3) is 0.328. The fourth-order valence-corrected chi connectivity index (χ4v) is 7.92. The second-order valence-corrected chi connectivity index (χ2v) is 19.8. The van der Waals surface area contributed by atoms with Gasteiger partial charge in [0.1, 0.15) is 0 Å². The van der Waals surface area contributed by atoms with Gasteiger partial charge in [0.05, 0.1) is 47.0 Å². The number of aromatic nitrogens is 6. The molecule has 6 aromatic rings. The van der Waals surface area contributed by atoms with Gasteiger partial charge in [0.25, 0.3) is 17.7 Å². The van der Waals surface area contributed by atoms with Crippen molar-refractivity contribution in [3.63, 3.8) is 0 Å². The summed E-state index contributed by atoms with van der Waals surface area (Å²) in [4.78, 5) is 106. The van der Waals surface area contributed by atoms with Crippen molar-refractivity contribution >= 4 is 111 Å². The predicted molar refractivity (Wildman–Crippen MR) is 320 cm³/mol. The quantitative estimate of drug-likeness (QED) is 0.0407. The van der Waals surface area contributed by atoms with Crippen molar-refractivity contribution in [1.82, 2.24) is 46.5 Å². The topological polar surface area (TPSA) is 422 Å². The van der Waals surface area contributed by atoms with E-state index in [0.29, 0.717) is 68.5 Å². The average molecular weight is 1240 g/mol. The van der Waals surface area contributed by atoms with Gasteiger partial charge in [-0.3, -0.25) is 28.8 Å². The zero-order chi connectivity index (χ0) is 62.8. The van der Waals surface area contributed by atoms with Gasteiger partial charge in [-0.15, -0.1) is 30.6 Å². The minimum Gasteiger partial charge on any atom is -0.870 e. The molecule has 88 heavy (non-hydrogen) atoms. The number of ether oxygens (including phenoxy) is 2. The number of nitrogens with zero attached hydrogens (tertiary/aromatic N) is 6. The number of nitrogens with two attached hydrogens (primary N) is 1. The molecule has 3 fully saturated rings. The number of aromatic carboxylic acids is 1. The Bertz CT molecular complexity index is 3570. The Kier molecular flexibility index (Phi) is 27.2. The van der Waals surface area contributed by atoms with Gasteiger partial charge in [-0.2, -0.15) is 0 Å². The van der Waals surface area contributed by atoms with Crippen molar-refractivity contribution in [1.29, 1.82) is 0 Å². The monoisotopic (exact) mass is 1240 g/mol. The molecule has 30 heteroatoms. The molecule has 3 aliphatic rings. The average Bonchev–Trinajstić information content (AvgIpc) is 2.81. The number of halogens is 1. The van der Waals surface area contributed by atoms with E-state index in [0.717, 1.165) is 38.5 Å². The SMILES string of the molecule is CCOC(=O)c1cccc(Nc2cc(Cl)nnc2C(=O)NC)c1C.CCOC(=O)c1cccc(Nc2cc(NC(=O)C3CC3)nnc2C(=O)NC)c1C.CNC(=O)c1nnc(NC(=O)C2CC2)cc1Nc1cccc(C(=O)O)c1C.NC(=O)C1CC1.[Na+].[OH-]. The van der Waals surface area contributed by atoms with E-state index in [1.165, 1.54) is 39.3 Å². The molecule has 3 aliphatic carbocycles. The van der Waals surface area contributed by atoms with Crippen LogP contribution in [0.2, 0.25) is 5.15 Å². The van der Waals surface area contributed by atoms with Crippen molar-refractivity contribution in [2.75, 3.05) is 60.9 Å². The van der Waals surface area contributed by atoms with Gasteiger partial charge in [-0.05, 0) is 126 Å². The summed E-state index contributed by atoms with van der Waals surface area (Å²) in [5.41, 5.74) is 10.7. The molecule has 460 valence electrons. The minimum atomic E-state index is -1.05. The van der Waals surface area contributed by atoms with E-state index in [4.69, 9.17) is 26.8 Å². The van der Waals surface area contributed by atoms with Crippen LogP contribution in [0.4, 0.5) is 45.8 Å². The van der Waals surface area contributed by atoms with E-state index in [-0.39, 0.29) is 117 Å². The third-order valence-corrected chi connectivity index (χ3v) is 13.3. The maximum absolute atomic E-state index is 12.2. The second kappa shape index (κ2) is 33.6. The number of nitrogens with one attached hydrogen (secondary N) is 8. The summed E-state index contributed by atoms with van der Waals surface area (Å²) in [5.74, 6) is -2.84. The number of hydrogen-bond acceptors (Lipinski definition) is 21. The van der Waals surface area contributed by atoms with Crippen molar-refractivity contribution in [2.45, 2.75) is 73.1 Å². The maximum atomic E-state index is 12.2. The number of carboxylic acid groups (broad SMARTS) is 1. The molecule has 0 saturated heterocycles. The first kappa shape index (κ1) is 71.3. The van der Waals surface area contributed by atoms with E-state index in [9.17, 15) is 48.3 Å². The molecule has 3 heterocycles. The molecule has 3 aromatic heterocycles. The van der Waals surface area contributed by atoms with Crippen molar-refractivity contribution in [2.24, 2.45) is 23.5 Å². The van der Waals surface area contributed by atoms with Crippen molar-refractivity contribution < 1.29 is 92.8 Å². The molecule has 28 nitrogen and oxygen atoms in total. The van der Waals surface area contributed by atoms with Crippen molar-refractivity contribution in [3.05, 3.63) is 128 Å². The minimum absolute atomic E-state index is 0. The number of carbonyl (C=O) groups is 9. The van der Waals surface area contributed by atoms with Crippen LogP contribution in [0.25, 0.3) is 0 Å². The smallest absolute Gasteiger partial charge is 0.870 e. The summed E-state index contributed by atoms with van der Waals surface area (Å²) in [6.45, 7) is 9.27. The first-order valence-corrected chi connectivity index (χ1v) is 27.5. The summed E-state index contributed by atoms with van der Waals surface area (Å²) in [7, 11) is 4.45. The van der Waals surface area contributed by atoms with E-state index in [1.807, 2.05) is 0 Å². The van der Waals surface area contributed by atoms with Crippen LogP contribution >= 0.6 is 11.6 Å². The zero-order valence-electron chi connectivity index (χ0n) is 49.8. The summed E-state index contributed by atoms with van der Waals surface area (Å²) >= 11 is 5.87. The zero-order valence-corrected chi connectivity index (χ0v) is 52.6. The van der Waals surface area contributed by atoms with E-state index in [2.05, 4.69) is 73.1 Å². The van der Waals surface area contributed by atoms with Crippen LogP contribution in [0.15, 0.2) is 72.8 Å². The molecular formula is C58H67ClN15NaO13. The number of benzene rings is 3. The number of carbonyl (C=O) groups excluding carboxylic acids is 8. The maximum Gasteiger partial charge on any atom is 1.00 e. The van der Waals surface area contributed by atoms with Gasteiger partial charge < -0.3 is 68.3 Å². The van der Waals surface area contributed by atoms with Crippen LogP contribution in [0, 0.1) is 38.5 Å². The van der Waals surface area contributed by atoms with Crippen LogP contribution in [0.5, 0.6) is 0 Å². The van der Waals surface area contributed by atoms with Crippen LogP contribution < -0.4 is 77.8 Å². The predicted octanol–water partition coefficient (Wildman–Crippen LogP) is 3.78. The van der Waals surface area contributed by atoms with E-state index >= 15 is 0 Å². The van der Waals surface area contributed by atoms with Gasteiger partial charge in [-0.25, -0.2) is 14.4 Å². The third kappa shape index (κ3) is 19.9. The molecule has 6 amide bonds. The van der Waals surface area contributed by atoms with E-state index in [1.54, 1.807) is 89.2 Å². The summed E-state index contributed by atoms with van der Waals surface area (Å²) < 4.78 is 10.1. The van der Waals surface area contributed by atoms with Gasteiger partial charge in [0.15, 0.2) is 33.9 Å². The normalized spacial score (nSPS) is 12.4. The van der Waals surface area contributed by atoms with Crippen LogP contribution in [-0.4, -0.2) is 129 Å². The Labute approximate surface area is 533 Å². The molecule has 0 bridgehead atoms. The van der Waals surface area contributed by atoms with Gasteiger partial charge in [0.2, 0.25) is 17.7 Å². The van der Waals surface area contributed by atoms with Crippen LogP contribution in [-0.2, 0) is 23.9 Å². The second-order valence-electron chi connectivity index (χ2n) is 19.4. The molecule has 0 aliphatic heterocycles. The van der Waals surface area contributed by atoms with Crippen molar-refractivity contribution in [3.8, 4) is 0 Å². The number of carboxylic acids is 1. The number of primary amides is 1. The molecule has 0 unspecified atom stereocenters. The fourth-order valence-electron chi connectivity index (χ4n) is 7.77. The molecular weight excluding hydrogens is 1170 g/mol. The Hall–Kier alpha value is -9.22. The molecule has 3 saturated carbocycles. The number of esters is 2. The summed E-state index contributed by atoms with van der Waals surface area (Å²) in [6.07, 6.45) is 5.47. The molecule has 9 rings (SSSR count). The Morgan fingerprint density at radius 3 is 1.15 bits per heavy atom. The Balaban J connectivity index is 0.000000267. The van der Waals surface area contributed by atoms with Gasteiger partial charge in [-0.1, -0.05) is 29.8 Å². The van der Waals surface area contributed by atoms with Gasteiger partial charge in [0, 0.05) is 74.2 Å². The summed E-state index contributed by atoms with van der Waals surface area (Å²) in [5, 5.41) is 54.7. The Morgan fingerprint density at radius 2 is 0.841 bits per heavy atom. The Morgan fingerprint density at radius 1 is 0.511 bits per heavy atom. The number of rotatable bonds is 19.